The zero-order valence-electron chi connectivity index (χ0n) is 10.9. The number of hydrogen-bond donors (Lipinski definition) is 0. The van der Waals surface area contributed by atoms with Crippen molar-refractivity contribution in [3.63, 3.8) is 0 Å². The summed E-state index contributed by atoms with van der Waals surface area (Å²) >= 11 is 0. The molecule has 0 saturated heterocycles. The van der Waals surface area contributed by atoms with Crippen LogP contribution in [0.4, 0.5) is 0 Å². The average molecular weight is 328 g/mol. The third-order valence-electron chi connectivity index (χ3n) is 3.74. The first-order chi connectivity index (χ1) is 9.36. The van der Waals surface area contributed by atoms with Gasteiger partial charge in [-0.25, -0.2) is 4.98 Å². The molecule has 20 heavy (non-hydrogen) atoms. The Labute approximate surface area is 127 Å². The Morgan fingerprint density at radius 3 is 3.00 bits per heavy atom. The van der Waals surface area contributed by atoms with Crippen LogP contribution in [0.5, 0.6) is 0 Å². The second kappa shape index (κ2) is 4.87. The highest BCUT2D eigenvalue weighted by atomic mass is 79.9. The summed E-state index contributed by atoms with van der Waals surface area (Å²) in [7, 11) is 0. The van der Waals surface area contributed by atoms with E-state index in [9.17, 15) is 0 Å². The van der Waals surface area contributed by atoms with Crippen LogP contribution in [-0.2, 0) is 6.54 Å². The van der Waals surface area contributed by atoms with E-state index in [-0.39, 0.29) is 17.0 Å². The van der Waals surface area contributed by atoms with Crippen LogP contribution >= 0.6 is 0 Å². The van der Waals surface area contributed by atoms with Gasteiger partial charge in [-0.2, -0.15) is 0 Å². The molecule has 0 bridgehead atoms. The Morgan fingerprint density at radius 2 is 2.15 bits per heavy atom. The van der Waals surface area contributed by atoms with E-state index >= 15 is 0 Å². The Balaban J connectivity index is 0.00000121. The first-order valence-corrected chi connectivity index (χ1v) is 6.44. The van der Waals surface area contributed by atoms with Crippen LogP contribution < -0.4 is 27.2 Å². The number of rotatable bonds is 2. The molecule has 0 saturated carbocycles. The molecular weight excluding hydrogens is 314 g/mol. The molecule has 1 aromatic heterocycles. The number of aromatic nitrogens is 2. The topological polar surface area (TPSA) is 30.3 Å². The molecule has 3 aromatic rings. The van der Waals surface area contributed by atoms with E-state index < -0.39 is 0 Å². The number of halogens is 1. The third kappa shape index (κ3) is 1.79. The lowest BCUT2D eigenvalue weighted by Crippen LogP contribution is -3.00. The van der Waals surface area contributed by atoms with Crippen LogP contribution in [0, 0.1) is 0 Å². The molecule has 1 aliphatic heterocycles. The summed E-state index contributed by atoms with van der Waals surface area (Å²) in [5.41, 5.74) is 3.56. The van der Waals surface area contributed by atoms with Gasteiger partial charge in [0.25, 0.3) is 6.33 Å². The van der Waals surface area contributed by atoms with Crippen molar-refractivity contribution in [1.82, 2.24) is 9.88 Å². The minimum absolute atomic E-state index is 0. The van der Waals surface area contributed by atoms with Gasteiger partial charge < -0.3 is 21.9 Å². The Morgan fingerprint density at radius 1 is 1.25 bits per heavy atom. The highest BCUT2D eigenvalue weighted by Gasteiger charge is 2.17. The summed E-state index contributed by atoms with van der Waals surface area (Å²) in [4.78, 5) is 9.94. The maximum Gasteiger partial charge on any atom is 0.285 e. The highest BCUT2D eigenvalue weighted by molar-refractivity contribution is 6.07. The predicted octanol–water partition coefficient (Wildman–Crippen LogP) is -1.34. The fourth-order valence-electron chi connectivity index (χ4n) is 2.96. The SMILES string of the molecule is C=CCN1C=c2ccc3nc[nH+]c4ccc(c2c34)C1.[Br-]. The van der Waals surface area contributed by atoms with Gasteiger partial charge in [0.05, 0.1) is 5.39 Å². The predicted molar refractivity (Wildman–Crippen MR) is 76.1 cm³/mol. The van der Waals surface area contributed by atoms with Crippen molar-refractivity contribution in [2.45, 2.75) is 6.54 Å². The van der Waals surface area contributed by atoms with Crippen molar-refractivity contribution < 1.29 is 22.0 Å². The lowest BCUT2D eigenvalue weighted by atomic mass is 9.98. The van der Waals surface area contributed by atoms with Crippen LogP contribution in [-0.4, -0.2) is 16.4 Å². The van der Waals surface area contributed by atoms with Crippen LogP contribution in [0.3, 0.4) is 0 Å². The summed E-state index contributed by atoms with van der Waals surface area (Å²) in [5.74, 6) is 0. The number of aromatic amines is 1. The second-order valence-electron chi connectivity index (χ2n) is 4.95. The lowest BCUT2D eigenvalue weighted by molar-refractivity contribution is -0.349. The standard InChI is InChI=1S/C16H13N3.BrH/c1-2-7-19-8-11-3-5-13-16-14(18-10-17-13)6-4-12(9-19)15(11)16;/h2-6,8,10H,1,7,9H2;1H. The van der Waals surface area contributed by atoms with Crippen LogP contribution in [0.15, 0.2) is 43.2 Å². The molecule has 0 fully saturated rings. The lowest BCUT2D eigenvalue weighted by Gasteiger charge is -2.24. The summed E-state index contributed by atoms with van der Waals surface area (Å²) in [6.07, 6.45) is 5.92. The van der Waals surface area contributed by atoms with E-state index in [0.29, 0.717) is 0 Å². The molecule has 4 rings (SSSR count). The van der Waals surface area contributed by atoms with Gasteiger partial charge in [-0.05, 0) is 34.0 Å². The van der Waals surface area contributed by atoms with E-state index in [0.717, 1.165) is 24.1 Å². The third-order valence-corrected chi connectivity index (χ3v) is 3.74. The maximum absolute atomic E-state index is 4.43. The molecule has 3 nitrogen and oxygen atoms in total. The van der Waals surface area contributed by atoms with E-state index in [2.05, 4.69) is 51.9 Å². The fraction of sp³-hybridized carbons (Fsp3) is 0.125. The molecule has 100 valence electrons. The van der Waals surface area contributed by atoms with E-state index in [1.165, 1.54) is 21.6 Å². The minimum atomic E-state index is 0. The van der Waals surface area contributed by atoms with E-state index in [1.807, 2.05) is 6.08 Å². The van der Waals surface area contributed by atoms with Gasteiger partial charge in [-0.1, -0.05) is 12.1 Å². The van der Waals surface area contributed by atoms with Gasteiger partial charge in [-0.3, -0.25) is 0 Å². The summed E-state index contributed by atoms with van der Waals surface area (Å²) in [5, 5.41) is 3.84. The fourth-order valence-corrected chi connectivity index (χ4v) is 2.96. The molecule has 0 amide bonds. The monoisotopic (exact) mass is 327 g/mol. The van der Waals surface area contributed by atoms with Crippen LogP contribution in [0.2, 0.25) is 0 Å². The van der Waals surface area contributed by atoms with Gasteiger partial charge in [0.1, 0.15) is 5.52 Å². The van der Waals surface area contributed by atoms with Crippen molar-refractivity contribution in [3.05, 3.63) is 54.0 Å². The van der Waals surface area contributed by atoms with E-state index in [4.69, 9.17) is 0 Å². The van der Waals surface area contributed by atoms with Crippen molar-refractivity contribution in [2.24, 2.45) is 0 Å². The molecule has 0 aliphatic carbocycles. The van der Waals surface area contributed by atoms with Crippen molar-refractivity contribution in [3.8, 4) is 0 Å². The van der Waals surface area contributed by atoms with Crippen molar-refractivity contribution in [2.75, 3.05) is 6.54 Å². The number of hydrogen-bond acceptors (Lipinski definition) is 2. The molecular formula is C16H14BrN3. The number of benzene rings is 2. The van der Waals surface area contributed by atoms with Crippen molar-refractivity contribution in [1.29, 1.82) is 0 Å². The summed E-state index contributed by atoms with van der Waals surface area (Å²) in [6.45, 7) is 5.63. The first-order valence-electron chi connectivity index (χ1n) is 6.44. The molecule has 0 radical (unpaired) electrons. The number of H-pyrrole nitrogens is 1. The van der Waals surface area contributed by atoms with E-state index in [1.54, 1.807) is 6.33 Å². The molecule has 4 heteroatoms. The maximum atomic E-state index is 4.43. The number of nitrogens with one attached hydrogen (secondary N) is 1. The second-order valence-corrected chi connectivity index (χ2v) is 4.95. The molecule has 0 unspecified atom stereocenters. The average Bonchev–Trinajstić information content (AvgIpc) is 2.45. The zero-order valence-corrected chi connectivity index (χ0v) is 12.5. The van der Waals surface area contributed by atoms with Crippen LogP contribution in [0.1, 0.15) is 5.56 Å². The Hall–Kier alpha value is -1.94. The van der Waals surface area contributed by atoms with Gasteiger partial charge in [-0.15, -0.1) is 6.58 Å². The largest absolute Gasteiger partial charge is 1.00 e. The smallest absolute Gasteiger partial charge is 0.285 e. The number of nitrogens with zero attached hydrogens (tertiary/aromatic N) is 2. The summed E-state index contributed by atoms with van der Waals surface area (Å²) in [6, 6.07) is 8.60. The van der Waals surface area contributed by atoms with Gasteiger partial charge in [0.15, 0.2) is 5.52 Å². The Bertz CT molecular complexity index is 841. The van der Waals surface area contributed by atoms with Gasteiger partial charge >= 0.3 is 0 Å². The molecule has 2 heterocycles. The minimum Gasteiger partial charge on any atom is -1.00 e. The highest BCUT2D eigenvalue weighted by Crippen LogP contribution is 2.25. The van der Waals surface area contributed by atoms with Crippen molar-refractivity contribution >= 4 is 28.0 Å². The first kappa shape index (κ1) is 13.1. The van der Waals surface area contributed by atoms with Gasteiger partial charge in [0, 0.05) is 24.7 Å². The molecule has 0 spiro atoms. The van der Waals surface area contributed by atoms with Crippen LogP contribution in [0.25, 0.3) is 28.0 Å². The normalized spacial score (nSPS) is 13.1. The quantitative estimate of drug-likeness (QED) is 0.546. The summed E-state index contributed by atoms with van der Waals surface area (Å²) < 4.78 is 0. The molecule has 2 aromatic carbocycles. The zero-order chi connectivity index (χ0) is 12.8. The van der Waals surface area contributed by atoms with Gasteiger partial charge in [0.2, 0.25) is 0 Å². The Kier molecular flexibility index (Phi) is 3.18. The molecule has 0 atom stereocenters. The molecule has 1 aliphatic rings. The molecule has 1 N–H and O–H groups in total.